The number of hydrogen-bond acceptors (Lipinski definition) is 4. The third kappa shape index (κ3) is 7.08. The summed E-state index contributed by atoms with van der Waals surface area (Å²) in [6, 6.07) is 14.9. The van der Waals surface area contributed by atoms with Crippen molar-refractivity contribution in [2.45, 2.75) is 51.4 Å². The topological polar surface area (TPSA) is 75.7 Å². The summed E-state index contributed by atoms with van der Waals surface area (Å²) in [6.45, 7) is 5.79. The zero-order valence-corrected chi connectivity index (χ0v) is 19.2. The molecule has 0 saturated carbocycles. The van der Waals surface area contributed by atoms with E-state index in [1.807, 2.05) is 32.0 Å². The lowest BCUT2D eigenvalue weighted by atomic mass is 10.1. The number of carbonyl (C=O) groups is 1. The van der Waals surface area contributed by atoms with Crippen LogP contribution in [0.15, 0.2) is 48.5 Å². The van der Waals surface area contributed by atoms with Crippen LogP contribution in [0, 0.1) is 0 Å². The number of nitrogens with one attached hydrogen (secondary N) is 1. The molecule has 7 heteroatoms. The molecule has 1 aliphatic rings. The van der Waals surface area contributed by atoms with Crippen LogP contribution in [0.2, 0.25) is 0 Å². The molecule has 168 valence electrons. The summed E-state index contributed by atoms with van der Waals surface area (Å²) in [5.41, 5.74) is 2.41. The van der Waals surface area contributed by atoms with Crippen LogP contribution in [0.25, 0.3) is 0 Å². The van der Waals surface area contributed by atoms with E-state index < -0.39 is 10.0 Å². The van der Waals surface area contributed by atoms with Gasteiger partial charge in [0.05, 0.1) is 11.9 Å². The van der Waals surface area contributed by atoms with E-state index in [0.29, 0.717) is 30.8 Å². The first-order valence-corrected chi connectivity index (χ1v) is 12.5. The average molecular weight is 445 g/mol. The Morgan fingerprint density at radius 3 is 2.45 bits per heavy atom. The van der Waals surface area contributed by atoms with Crippen LogP contribution < -0.4 is 10.1 Å². The van der Waals surface area contributed by atoms with Crippen LogP contribution >= 0.6 is 0 Å². The molecule has 1 saturated heterocycles. The number of sulfonamides is 1. The second kappa shape index (κ2) is 10.8. The quantitative estimate of drug-likeness (QED) is 0.566. The van der Waals surface area contributed by atoms with Gasteiger partial charge in [-0.2, -0.15) is 0 Å². The minimum absolute atomic E-state index is 0.0194. The Kier molecular flexibility index (Phi) is 8.09. The number of benzene rings is 2. The average Bonchev–Trinajstić information content (AvgIpc) is 3.27. The van der Waals surface area contributed by atoms with Gasteiger partial charge in [0.2, 0.25) is 10.0 Å². The lowest BCUT2D eigenvalue weighted by molar-refractivity contribution is 0.0953. The molecule has 0 spiro atoms. The maximum Gasteiger partial charge on any atom is 0.251 e. The smallest absolute Gasteiger partial charge is 0.251 e. The van der Waals surface area contributed by atoms with Gasteiger partial charge in [-0.3, -0.25) is 4.79 Å². The van der Waals surface area contributed by atoms with E-state index in [0.717, 1.165) is 31.4 Å². The summed E-state index contributed by atoms with van der Waals surface area (Å²) in [7, 11) is -3.28. The molecule has 0 unspecified atom stereocenters. The van der Waals surface area contributed by atoms with Crippen molar-refractivity contribution in [3.05, 3.63) is 65.2 Å². The Morgan fingerprint density at radius 2 is 1.77 bits per heavy atom. The Balaban J connectivity index is 1.44. The van der Waals surface area contributed by atoms with Gasteiger partial charge in [0, 0.05) is 25.2 Å². The zero-order chi connectivity index (χ0) is 22.3. The van der Waals surface area contributed by atoms with Crippen molar-refractivity contribution in [3.63, 3.8) is 0 Å². The molecule has 3 rings (SSSR count). The van der Waals surface area contributed by atoms with Crippen LogP contribution in [-0.4, -0.2) is 44.4 Å². The molecular formula is C24H32N2O4S. The van der Waals surface area contributed by atoms with E-state index in [1.54, 1.807) is 28.6 Å². The second-order valence-electron chi connectivity index (χ2n) is 8.23. The van der Waals surface area contributed by atoms with Crippen molar-refractivity contribution in [1.29, 1.82) is 0 Å². The first kappa shape index (κ1) is 23.3. The third-order valence-corrected chi connectivity index (χ3v) is 7.07. The highest BCUT2D eigenvalue weighted by Gasteiger charge is 2.25. The molecule has 2 aromatic carbocycles. The van der Waals surface area contributed by atoms with Gasteiger partial charge in [-0.25, -0.2) is 12.7 Å². The van der Waals surface area contributed by atoms with Gasteiger partial charge in [-0.05, 0) is 74.9 Å². The van der Waals surface area contributed by atoms with Crippen LogP contribution in [0.5, 0.6) is 5.75 Å². The number of nitrogens with zero attached hydrogens (tertiary/aromatic N) is 1. The summed E-state index contributed by atoms with van der Waals surface area (Å²) < 4.78 is 32.1. The van der Waals surface area contributed by atoms with E-state index in [-0.39, 0.29) is 17.8 Å². The Morgan fingerprint density at radius 1 is 1.06 bits per heavy atom. The lowest BCUT2D eigenvalue weighted by Gasteiger charge is -2.15. The summed E-state index contributed by atoms with van der Waals surface area (Å²) >= 11 is 0. The molecule has 1 aliphatic heterocycles. The number of ether oxygens (including phenoxy) is 1. The lowest BCUT2D eigenvalue weighted by Crippen LogP contribution is -2.29. The summed E-state index contributed by atoms with van der Waals surface area (Å²) in [5.74, 6) is 0.698. The number of hydrogen-bond donors (Lipinski definition) is 1. The molecule has 2 aromatic rings. The van der Waals surface area contributed by atoms with Crippen molar-refractivity contribution in [3.8, 4) is 5.75 Å². The number of rotatable bonds is 10. The minimum Gasteiger partial charge on any atom is -0.491 e. The molecule has 0 bridgehead atoms. The van der Waals surface area contributed by atoms with Gasteiger partial charge in [0.25, 0.3) is 5.91 Å². The van der Waals surface area contributed by atoms with Crippen molar-refractivity contribution in [2.24, 2.45) is 0 Å². The van der Waals surface area contributed by atoms with Crippen LogP contribution in [0.3, 0.4) is 0 Å². The second-order valence-corrected chi connectivity index (χ2v) is 10.2. The monoisotopic (exact) mass is 444 g/mol. The van der Waals surface area contributed by atoms with Gasteiger partial charge in [0.15, 0.2) is 0 Å². The van der Waals surface area contributed by atoms with Crippen LogP contribution in [-0.2, 0) is 22.2 Å². The first-order chi connectivity index (χ1) is 14.8. The van der Waals surface area contributed by atoms with Crippen molar-refractivity contribution < 1.29 is 17.9 Å². The van der Waals surface area contributed by atoms with Crippen molar-refractivity contribution in [1.82, 2.24) is 9.62 Å². The Hall–Kier alpha value is -2.38. The van der Waals surface area contributed by atoms with E-state index in [1.165, 1.54) is 5.56 Å². The number of carbonyl (C=O) groups excluding carboxylic acids is 1. The SMILES string of the molecule is CC(C)Oc1cccc(CCCNC(=O)c2ccc(CS(=O)(=O)N3CCCC3)cc2)c1. The fourth-order valence-electron chi connectivity index (χ4n) is 3.66. The highest BCUT2D eigenvalue weighted by Crippen LogP contribution is 2.18. The molecule has 1 heterocycles. The van der Waals surface area contributed by atoms with Crippen LogP contribution in [0.4, 0.5) is 0 Å². The largest absolute Gasteiger partial charge is 0.491 e. The summed E-state index contributed by atoms with van der Waals surface area (Å²) in [6.07, 6.45) is 3.66. The van der Waals surface area contributed by atoms with E-state index in [9.17, 15) is 13.2 Å². The molecule has 1 N–H and O–H groups in total. The first-order valence-electron chi connectivity index (χ1n) is 10.9. The van der Waals surface area contributed by atoms with Gasteiger partial charge in [-0.15, -0.1) is 0 Å². The molecule has 1 amide bonds. The fourth-order valence-corrected chi connectivity index (χ4v) is 5.27. The van der Waals surface area contributed by atoms with E-state index in [4.69, 9.17) is 4.74 Å². The maximum atomic E-state index is 12.4. The molecule has 0 aromatic heterocycles. The normalized spacial score (nSPS) is 14.7. The number of aryl methyl sites for hydroxylation is 1. The highest BCUT2D eigenvalue weighted by atomic mass is 32.2. The summed E-state index contributed by atoms with van der Waals surface area (Å²) in [5, 5.41) is 2.93. The van der Waals surface area contributed by atoms with Gasteiger partial charge < -0.3 is 10.1 Å². The highest BCUT2D eigenvalue weighted by molar-refractivity contribution is 7.88. The molecule has 1 fully saturated rings. The Labute approximate surface area is 185 Å². The standard InChI is InChI=1S/C24H32N2O4S/c1-19(2)30-23-9-5-7-20(17-23)8-6-14-25-24(27)22-12-10-21(11-13-22)18-31(28,29)26-15-3-4-16-26/h5,7,9-13,17,19H,3-4,6,8,14-16,18H2,1-2H3,(H,25,27). The van der Waals surface area contributed by atoms with E-state index in [2.05, 4.69) is 11.4 Å². The molecule has 0 radical (unpaired) electrons. The fraction of sp³-hybridized carbons (Fsp3) is 0.458. The van der Waals surface area contributed by atoms with Gasteiger partial charge >= 0.3 is 0 Å². The van der Waals surface area contributed by atoms with E-state index >= 15 is 0 Å². The number of amides is 1. The van der Waals surface area contributed by atoms with Crippen molar-refractivity contribution in [2.75, 3.05) is 19.6 Å². The third-order valence-electron chi connectivity index (χ3n) is 5.22. The van der Waals surface area contributed by atoms with Gasteiger partial charge in [0.1, 0.15) is 5.75 Å². The van der Waals surface area contributed by atoms with Gasteiger partial charge in [-0.1, -0.05) is 24.3 Å². The molecule has 6 nitrogen and oxygen atoms in total. The van der Waals surface area contributed by atoms with Crippen LogP contribution in [0.1, 0.15) is 54.6 Å². The zero-order valence-electron chi connectivity index (χ0n) is 18.3. The predicted molar refractivity (Wildman–Crippen MR) is 123 cm³/mol. The minimum atomic E-state index is -3.28. The van der Waals surface area contributed by atoms with Crippen molar-refractivity contribution >= 4 is 15.9 Å². The molecule has 31 heavy (non-hydrogen) atoms. The predicted octanol–water partition coefficient (Wildman–Crippen LogP) is 3.76. The molecular weight excluding hydrogens is 412 g/mol. The Bertz CT molecular complexity index is 965. The molecule has 0 aliphatic carbocycles. The maximum absolute atomic E-state index is 12.4. The molecule has 0 atom stereocenters. The summed E-state index contributed by atoms with van der Waals surface area (Å²) in [4.78, 5) is 12.4.